The van der Waals surface area contributed by atoms with Crippen LogP contribution in [-0.2, 0) is 4.79 Å². The highest BCUT2D eigenvalue weighted by Gasteiger charge is 2.28. The standard InChI is InChI=1S/C16H24N2O2S/c1-3-5-12(2)17-15(19)13-7-9-18(10-8-13)16(20)14-6-4-11-21-14/h4,6,11-13H,3,5,7-10H2,1-2H3,(H,17,19)/t12-/m0/s1. The average Bonchev–Trinajstić information content (AvgIpc) is 3.01. The first-order valence-corrected chi connectivity index (χ1v) is 8.63. The summed E-state index contributed by atoms with van der Waals surface area (Å²) in [7, 11) is 0. The molecule has 1 saturated heterocycles. The van der Waals surface area contributed by atoms with Crippen molar-refractivity contribution in [1.29, 1.82) is 0 Å². The Morgan fingerprint density at radius 3 is 2.71 bits per heavy atom. The van der Waals surface area contributed by atoms with Crippen LogP contribution < -0.4 is 5.32 Å². The highest BCUT2D eigenvalue weighted by Crippen LogP contribution is 2.21. The van der Waals surface area contributed by atoms with Crippen LogP contribution >= 0.6 is 11.3 Å². The molecule has 2 heterocycles. The maximum absolute atomic E-state index is 12.2. The maximum atomic E-state index is 12.2. The predicted molar refractivity (Wildman–Crippen MR) is 85.5 cm³/mol. The van der Waals surface area contributed by atoms with Crippen molar-refractivity contribution in [2.75, 3.05) is 13.1 Å². The number of carbonyl (C=O) groups is 2. The Bertz CT molecular complexity index is 465. The lowest BCUT2D eigenvalue weighted by Crippen LogP contribution is -2.44. The smallest absolute Gasteiger partial charge is 0.263 e. The Balaban J connectivity index is 1.80. The van der Waals surface area contributed by atoms with Gasteiger partial charge >= 0.3 is 0 Å². The summed E-state index contributed by atoms with van der Waals surface area (Å²) in [6, 6.07) is 4.00. The highest BCUT2D eigenvalue weighted by molar-refractivity contribution is 7.12. The summed E-state index contributed by atoms with van der Waals surface area (Å²) in [5.41, 5.74) is 0. The largest absolute Gasteiger partial charge is 0.353 e. The quantitative estimate of drug-likeness (QED) is 0.909. The summed E-state index contributed by atoms with van der Waals surface area (Å²) >= 11 is 1.48. The second-order valence-corrected chi connectivity index (χ2v) is 6.69. The van der Waals surface area contributed by atoms with E-state index in [1.54, 1.807) is 0 Å². The Hall–Kier alpha value is -1.36. The van der Waals surface area contributed by atoms with E-state index < -0.39 is 0 Å². The number of amides is 2. The van der Waals surface area contributed by atoms with Gasteiger partial charge in [-0.3, -0.25) is 9.59 Å². The van der Waals surface area contributed by atoms with Crippen molar-refractivity contribution in [3.63, 3.8) is 0 Å². The Morgan fingerprint density at radius 1 is 1.43 bits per heavy atom. The van der Waals surface area contributed by atoms with Crippen LogP contribution in [0.25, 0.3) is 0 Å². The molecule has 1 aromatic heterocycles. The number of hydrogen-bond acceptors (Lipinski definition) is 3. The lowest BCUT2D eigenvalue weighted by Gasteiger charge is -2.31. The van der Waals surface area contributed by atoms with Crippen molar-refractivity contribution >= 4 is 23.2 Å². The van der Waals surface area contributed by atoms with E-state index in [0.717, 1.165) is 30.6 Å². The van der Waals surface area contributed by atoms with Gasteiger partial charge in [-0.1, -0.05) is 19.4 Å². The van der Waals surface area contributed by atoms with E-state index >= 15 is 0 Å². The Morgan fingerprint density at radius 2 is 2.14 bits per heavy atom. The minimum Gasteiger partial charge on any atom is -0.353 e. The molecular formula is C16H24N2O2S. The molecule has 0 spiro atoms. The van der Waals surface area contributed by atoms with Crippen molar-refractivity contribution in [1.82, 2.24) is 10.2 Å². The van der Waals surface area contributed by atoms with Gasteiger partial charge < -0.3 is 10.2 Å². The minimum absolute atomic E-state index is 0.0525. The van der Waals surface area contributed by atoms with Gasteiger partial charge in [-0.25, -0.2) is 0 Å². The molecule has 2 rings (SSSR count). The molecule has 1 N–H and O–H groups in total. The monoisotopic (exact) mass is 308 g/mol. The van der Waals surface area contributed by atoms with E-state index in [9.17, 15) is 9.59 Å². The third kappa shape index (κ3) is 4.30. The van der Waals surface area contributed by atoms with E-state index in [1.807, 2.05) is 22.4 Å². The number of nitrogens with zero attached hydrogens (tertiary/aromatic N) is 1. The van der Waals surface area contributed by atoms with E-state index in [-0.39, 0.29) is 23.8 Å². The van der Waals surface area contributed by atoms with Gasteiger partial charge in [-0.15, -0.1) is 11.3 Å². The fraction of sp³-hybridized carbons (Fsp3) is 0.625. The number of hydrogen-bond donors (Lipinski definition) is 1. The summed E-state index contributed by atoms with van der Waals surface area (Å²) in [6.45, 7) is 5.53. The third-order valence-electron chi connectivity index (χ3n) is 4.00. The number of nitrogens with one attached hydrogen (secondary N) is 1. The molecule has 1 fully saturated rings. The van der Waals surface area contributed by atoms with Gasteiger partial charge in [0.25, 0.3) is 5.91 Å². The molecule has 0 unspecified atom stereocenters. The number of rotatable bonds is 5. The van der Waals surface area contributed by atoms with Gasteiger partial charge in [0.2, 0.25) is 5.91 Å². The van der Waals surface area contributed by atoms with Crippen LogP contribution in [0.3, 0.4) is 0 Å². The van der Waals surface area contributed by atoms with Crippen LogP contribution in [0.5, 0.6) is 0 Å². The van der Waals surface area contributed by atoms with E-state index in [4.69, 9.17) is 0 Å². The van der Waals surface area contributed by atoms with Gasteiger partial charge in [0, 0.05) is 25.0 Å². The second kappa shape index (κ2) is 7.59. The van der Waals surface area contributed by atoms with Crippen molar-refractivity contribution < 1.29 is 9.59 Å². The molecule has 0 radical (unpaired) electrons. The maximum Gasteiger partial charge on any atom is 0.263 e. The van der Waals surface area contributed by atoms with Crippen LogP contribution in [0.2, 0.25) is 0 Å². The van der Waals surface area contributed by atoms with Gasteiger partial charge in [-0.2, -0.15) is 0 Å². The molecule has 1 aliphatic rings. The SMILES string of the molecule is CCC[C@H](C)NC(=O)C1CCN(C(=O)c2cccs2)CC1. The molecule has 1 atom stereocenters. The molecule has 21 heavy (non-hydrogen) atoms. The van der Waals surface area contributed by atoms with Crippen LogP contribution in [0.15, 0.2) is 17.5 Å². The second-order valence-electron chi connectivity index (χ2n) is 5.74. The fourth-order valence-electron chi connectivity index (χ4n) is 2.77. The summed E-state index contributed by atoms with van der Waals surface area (Å²) in [4.78, 5) is 27.1. The molecule has 116 valence electrons. The topological polar surface area (TPSA) is 49.4 Å². The summed E-state index contributed by atoms with van der Waals surface area (Å²) in [5, 5.41) is 5.00. The molecular weight excluding hydrogens is 284 g/mol. The average molecular weight is 308 g/mol. The van der Waals surface area contributed by atoms with Crippen LogP contribution in [0.4, 0.5) is 0 Å². The first-order chi connectivity index (χ1) is 10.1. The lowest BCUT2D eigenvalue weighted by atomic mass is 9.95. The summed E-state index contributed by atoms with van der Waals surface area (Å²) in [5.74, 6) is 0.305. The Kier molecular flexibility index (Phi) is 5.79. The molecule has 0 aliphatic carbocycles. The minimum atomic E-state index is 0.0525. The van der Waals surface area contributed by atoms with Crippen molar-refractivity contribution in [3.8, 4) is 0 Å². The van der Waals surface area contributed by atoms with Gasteiger partial charge in [-0.05, 0) is 37.6 Å². The zero-order valence-corrected chi connectivity index (χ0v) is 13.6. The Labute approximate surface area is 130 Å². The van der Waals surface area contributed by atoms with Crippen LogP contribution in [-0.4, -0.2) is 35.8 Å². The molecule has 1 aromatic rings. The zero-order chi connectivity index (χ0) is 15.2. The molecule has 1 aliphatic heterocycles. The molecule has 0 saturated carbocycles. The first-order valence-electron chi connectivity index (χ1n) is 7.75. The highest BCUT2D eigenvalue weighted by atomic mass is 32.1. The van der Waals surface area contributed by atoms with Crippen LogP contribution in [0, 0.1) is 5.92 Å². The number of piperidine rings is 1. The van der Waals surface area contributed by atoms with Crippen LogP contribution in [0.1, 0.15) is 49.2 Å². The molecule has 0 aromatic carbocycles. The molecule has 4 nitrogen and oxygen atoms in total. The number of carbonyl (C=O) groups excluding carboxylic acids is 2. The van der Waals surface area contributed by atoms with E-state index in [1.165, 1.54) is 11.3 Å². The van der Waals surface area contributed by atoms with Crippen molar-refractivity contribution in [3.05, 3.63) is 22.4 Å². The zero-order valence-electron chi connectivity index (χ0n) is 12.8. The predicted octanol–water partition coefficient (Wildman–Crippen LogP) is 2.91. The van der Waals surface area contributed by atoms with Crippen molar-refractivity contribution in [2.24, 2.45) is 5.92 Å². The number of likely N-dealkylation sites (tertiary alicyclic amines) is 1. The fourth-order valence-corrected chi connectivity index (χ4v) is 3.46. The van der Waals surface area contributed by atoms with Gasteiger partial charge in [0.15, 0.2) is 0 Å². The normalized spacial score (nSPS) is 17.5. The molecule has 0 bridgehead atoms. The lowest BCUT2D eigenvalue weighted by molar-refractivity contribution is -0.126. The molecule has 2 amide bonds. The summed E-state index contributed by atoms with van der Waals surface area (Å²) < 4.78 is 0. The first kappa shape index (κ1) is 16.0. The van der Waals surface area contributed by atoms with Gasteiger partial charge in [0.05, 0.1) is 4.88 Å². The third-order valence-corrected chi connectivity index (χ3v) is 4.85. The van der Waals surface area contributed by atoms with E-state index in [2.05, 4.69) is 19.2 Å². The van der Waals surface area contributed by atoms with E-state index in [0.29, 0.717) is 13.1 Å². The summed E-state index contributed by atoms with van der Waals surface area (Å²) in [6.07, 6.45) is 3.63. The number of thiophene rings is 1. The molecule has 5 heteroatoms. The van der Waals surface area contributed by atoms with Gasteiger partial charge in [0.1, 0.15) is 0 Å². The van der Waals surface area contributed by atoms with Crippen molar-refractivity contribution in [2.45, 2.75) is 45.6 Å².